The maximum atomic E-state index is 11.1. The number of amides is 1. The van der Waals surface area contributed by atoms with E-state index in [9.17, 15) is 9.59 Å². The van der Waals surface area contributed by atoms with E-state index in [1.165, 1.54) is 19.8 Å². The largest absolute Gasteiger partial charge is 0.349 e. The van der Waals surface area contributed by atoms with Crippen molar-refractivity contribution in [2.45, 2.75) is 46.0 Å². The second-order valence-electron chi connectivity index (χ2n) is 3.26. The molecule has 0 aromatic rings. The van der Waals surface area contributed by atoms with Crippen molar-refractivity contribution in [1.82, 2.24) is 5.32 Å². The Bertz CT molecular complexity index is 166. The molecule has 0 aliphatic heterocycles. The van der Waals surface area contributed by atoms with Gasteiger partial charge in [-0.15, -0.1) is 0 Å². The Kier molecular flexibility index (Phi) is 7.26. The second kappa shape index (κ2) is 7.77. The number of unbranched alkanes of at least 4 members (excludes halogenated alkanes) is 3. The number of nitrogens with one attached hydrogen (secondary N) is 1. The van der Waals surface area contributed by atoms with Crippen LogP contribution in [0.3, 0.4) is 0 Å². The van der Waals surface area contributed by atoms with Gasteiger partial charge < -0.3 is 5.32 Å². The topological polar surface area (TPSA) is 46.2 Å². The number of rotatable bonds is 7. The average molecular weight is 185 g/mol. The molecule has 0 rings (SSSR count). The highest BCUT2D eigenvalue weighted by molar-refractivity contribution is 5.85. The first-order valence-electron chi connectivity index (χ1n) is 4.93. The lowest BCUT2D eigenvalue weighted by Crippen LogP contribution is -2.26. The molecule has 0 fully saturated rings. The number of carbonyl (C=O) groups is 2. The van der Waals surface area contributed by atoms with Gasteiger partial charge >= 0.3 is 0 Å². The van der Waals surface area contributed by atoms with E-state index in [1.54, 1.807) is 0 Å². The third-order valence-electron chi connectivity index (χ3n) is 1.84. The molecule has 0 heterocycles. The molecule has 1 amide bonds. The van der Waals surface area contributed by atoms with Crippen molar-refractivity contribution in [3.8, 4) is 0 Å². The summed E-state index contributed by atoms with van der Waals surface area (Å²) in [6.07, 6.45) is 5.03. The number of ketones is 1. The molecule has 3 heteroatoms. The Morgan fingerprint density at radius 2 is 1.85 bits per heavy atom. The Morgan fingerprint density at radius 1 is 1.15 bits per heavy atom. The molecule has 1 N–H and O–H groups in total. The summed E-state index contributed by atoms with van der Waals surface area (Å²) in [7, 11) is 0. The summed E-state index contributed by atoms with van der Waals surface area (Å²) in [6, 6.07) is 0. The van der Waals surface area contributed by atoms with Crippen LogP contribution in [-0.2, 0) is 9.59 Å². The summed E-state index contributed by atoms with van der Waals surface area (Å²) in [5, 5.41) is 2.50. The van der Waals surface area contributed by atoms with E-state index in [0.29, 0.717) is 6.42 Å². The molecule has 3 nitrogen and oxygen atoms in total. The molecule has 0 unspecified atom stereocenters. The van der Waals surface area contributed by atoms with E-state index in [4.69, 9.17) is 0 Å². The minimum atomic E-state index is -0.137. The minimum Gasteiger partial charge on any atom is -0.349 e. The van der Waals surface area contributed by atoms with Crippen molar-refractivity contribution < 1.29 is 9.59 Å². The summed E-state index contributed by atoms with van der Waals surface area (Å²) >= 11 is 0. The molecule has 13 heavy (non-hydrogen) atoms. The molecule has 0 aliphatic carbocycles. The van der Waals surface area contributed by atoms with Gasteiger partial charge in [0.15, 0.2) is 5.78 Å². The molecule has 0 aromatic carbocycles. The number of Topliss-reactive ketones (excluding diaryl/α,β-unsaturated/α-hetero) is 1. The van der Waals surface area contributed by atoms with Gasteiger partial charge in [-0.3, -0.25) is 9.59 Å². The fraction of sp³-hybridized carbons (Fsp3) is 0.800. The lowest BCUT2D eigenvalue weighted by molar-refractivity contribution is -0.123. The van der Waals surface area contributed by atoms with Crippen LogP contribution < -0.4 is 5.32 Å². The summed E-state index contributed by atoms with van der Waals surface area (Å²) in [6.45, 7) is 3.75. The highest BCUT2D eigenvalue weighted by Gasteiger charge is 2.01. The first-order valence-corrected chi connectivity index (χ1v) is 4.93. The Labute approximate surface area is 79.9 Å². The van der Waals surface area contributed by atoms with E-state index in [1.807, 2.05) is 0 Å². The SMILES string of the molecule is CCCCCCC(=O)CNC(C)=O. The number of carbonyl (C=O) groups excluding carboxylic acids is 2. The fourth-order valence-electron chi connectivity index (χ4n) is 1.06. The van der Waals surface area contributed by atoms with Crippen LogP contribution in [0.1, 0.15) is 46.0 Å². The number of hydrogen-bond acceptors (Lipinski definition) is 2. The van der Waals surface area contributed by atoms with Crippen LogP contribution in [0.4, 0.5) is 0 Å². The van der Waals surface area contributed by atoms with Gasteiger partial charge in [0.05, 0.1) is 6.54 Å². The molecule has 76 valence electrons. The Balaban J connectivity index is 3.25. The second-order valence-corrected chi connectivity index (χ2v) is 3.26. The van der Waals surface area contributed by atoms with E-state index >= 15 is 0 Å². The van der Waals surface area contributed by atoms with Crippen LogP contribution in [0.15, 0.2) is 0 Å². The van der Waals surface area contributed by atoms with Gasteiger partial charge in [0, 0.05) is 13.3 Å². The van der Waals surface area contributed by atoms with Crippen molar-refractivity contribution in [3.63, 3.8) is 0 Å². The van der Waals surface area contributed by atoms with Crippen molar-refractivity contribution in [2.75, 3.05) is 6.54 Å². The Hall–Kier alpha value is -0.860. The van der Waals surface area contributed by atoms with Gasteiger partial charge in [0.1, 0.15) is 0 Å². The molecule has 0 atom stereocenters. The van der Waals surface area contributed by atoms with Crippen LogP contribution in [0.25, 0.3) is 0 Å². The summed E-state index contributed by atoms with van der Waals surface area (Å²) < 4.78 is 0. The van der Waals surface area contributed by atoms with Crippen molar-refractivity contribution in [3.05, 3.63) is 0 Å². The van der Waals surface area contributed by atoms with E-state index in [2.05, 4.69) is 12.2 Å². The molecule has 0 bridgehead atoms. The van der Waals surface area contributed by atoms with E-state index in [0.717, 1.165) is 12.8 Å². The molecule has 0 aliphatic rings. The molecule has 0 aromatic heterocycles. The van der Waals surface area contributed by atoms with Crippen LogP contribution in [0, 0.1) is 0 Å². The first kappa shape index (κ1) is 12.1. The zero-order chi connectivity index (χ0) is 10.1. The first-order chi connectivity index (χ1) is 6.16. The third kappa shape index (κ3) is 9.05. The molecular weight excluding hydrogens is 166 g/mol. The van der Waals surface area contributed by atoms with Crippen LogP contribution in [0.2, 0.25) is 0 Å². The molecule has 0 spiro atoms. The standard InChI is InChI=1S/C10H19NO2/c1-3-4-5-6-7-10(13)8-11-9(2)12/h3-8H2,1-2H3,(H,11,12). The smallest absolute Gasteiger partial charge is 0.217 e. The summed E-state index contributed by atoms with van der Waals surface area (Å²) in [4.78, 5) is 21.6. The van der Waals surface area contributed by atoms with E-state index < -0.39 is 0 Å². The number of hydrogen-bond donors (Lipinski definition) is 1. The van der Waals surface area contributed by atoms with Crippen LogP contribution in [-0.4, -0.2) is 18.2 Å². The maximum Gasteiger partial charge on any atom is 0.217 e. The lowest BCUT2D eigenvalue weighted by Gasteiger charge is -2.01. The van der Waals surface area contributed by atoms with Gasteiger partial charge in [0.2, 0.25) is 5.91 Å². The van der Waals surface area contributed by atoms with Gasteiger partial charge in [-0.2, -0.15) is 0 Å². The monoisotopic (exact) mass is 185 g/mol. The lowest BCUT2D eigenvalue weighted by atomic mass is 10.1. The quantitative estimate of drug-likeness (QED) is 0.613. The fourth-order valence-corrected chi connectivity index (χ4v) is 1.06. The van der Waals surface area contributed by atoms with Gasteiger partial charge in [-0.05, 0) is 6.42 Å². The highest BCUT2D eigenvalue weighted by atomic mass is 16.2. The van der Waals surface area contributed by atoms with Crippen molar-refractivity contribution in [2.24, 2.45) is 0 Å². The normalized spacial score (nSPS) is 9.69. The minimum absolute atomic E-state index is 0.131. The molecule has 0 saturated carbocycles. The van der Waals surface area contributed by atoms with Gasteiger partial charge in [0.25, 0.3) is 0 Å². The molecule has 0 saturated heterocycles. The third-order valence-corrected chi connectivity index (χ3v) is 1.84. The Morgan fingerprint density at radius 3 is 2.38 bits per heavy atom. The summed E-state index contributed by atoms with van der Waals surface area (Å²) in [5.41, 5.74) is 0. The average Bonchev–Trinajstić information content (AvgIpc) is 2.09. The maximum absolute atomic E-state index is 11.1. The van der Waals surface area contributed by atoms with E-state index in [-0.39, 0.29) is 18.2 Å². The van der Waals surface area contributed by atoms with Crippen molar-refractivity contribution >= 4 is 11.7 Å². The van der Waals surface area contributed by atoms with Gasteiger partial charge in [-0.25, -0.2) is 0 Å². The van der Waals surface area contributed by atoms with Crippen molar-refractivity contribution in [1.29, 1.82) is 0 Å². The zero-order valence-corrected chi connectivity index (χ0v) is 8.56. The predicted molar refractivity (Wildman–Crippen MR) is 52.4 cm³/mol. The zero-order valence-electron chi connectivity index (χ0n) is 8.56. The highest BCUT2D eigenvalue weighted by Crippen LogP contribution is 2.02. The predicted octanol–water partition coefficient (Wildman–Crippen LogP) is 1.66. The molecule has 0 radical (unpaired) electrons. The van der Waals surface area contributed by atoms with Gasteiger partial charge in [-0.1, -0.05) is 26.2 Å². The van der Waals surface area contributed by atoms with Crippen LogP contribution in [0.5, 0.6) is 0 Å². The molecular formula is C10H19NO2. The summed E-state index contributed by atoms with van der Waals surface area (Å²) in [5.74, 6) is -0.00629. The van der Waals surface area contributed by atoms with Crippen LogP contribution >= 0.6 is 0 Å².